The topological polar surface area (TPSA) is 60.9 Å². The molecule has 1 aromatic carbocycles. The number of sulfonamides is 1. The fourth-order valence-electron chi connectivity index (χ4n) is 3.52. The Hall–Kier alpha value is -1.70. The van der Waals surface area contributed by atoms with E-state index in [1.165, 1.54) is 0 Å². The molecule has 0 radical (unpaired) electrons. The van der Waals surface area contributed by atoms with Gasteiger partial charge >= 0.3 is 0 Å². The highest BCUT2D eigenvalue weighted by atomic mass is 32.2. The molecular weight excluding hydrogens is 350 g/mol. The second-order valence-electron chi connectivity index (χ2n) is 6.87. The van der Waals surface area contributed by atoms with E-state index in [1.807, 2.05) is 11.0 Å². The maximum atomic E-state index is 12.7. The summed E-state index contributed by atoms with van der Waals surface area (Å²) in [5, 5.41) is 0. The Morgan fingerprint density at radius 3 is 2.15 bits per heavy atom. The normalized spacial score (nSPS) is 20.1. The van der Waals surface area contributed by atoms with Gasteiger partial charge in [0.05, 0.1) is 4.90 Å². The van der Waals surface area contributed by atoms with E-state index in [1.54, 1.807) is 28.6 Å². The molecule has 3 rings (SSSR count). The minimum absolute atomic E-state index is 0.0369. The van der Waals surface area contributed by atoms with Crippen LogP contribution in [-0.2, 0) is 10.0 Å². The zero-order valence-electron chi connectivity index (χ0n) is 15.1. The third-order valence-electron chi connectivity index (χ3n) is 5.10. The van der Waals surface area contributed by atoms with E-state index in [-0.39, 0.29) is 10.8 Å². The first-order valence-electron chi connectivity index (χ1n) is 9.25. The van der Waals surface area contributed by atoms with Gasteiger partial charge in [-0.1, -0.05) is 12.5 Å². The zero-order chi connectivity index (χ0) is 18.6. The van der Waals surface area contributed by atoms with Gasteiger partial charge < -0.3 is 4.90 Å². The molecule has 2 saturated heterocycles. The average Bonchev–Trinajstić information content (AvgIpc) is 2.69. The second-order valence-corrected chi connectivity index (χ2v) is 8.81. The van der Waals surface area contributed by atoms with Crippen LogP contribution >= 0.6 is 0 Å². The summed E-state index contributed by atoms with van der Waals surface area (Å²) in [6.07, 6.45) is 4.78. The van der Waals surface area contributed by atoms with Crippen molar-refractivity contribution in [1.29, 1.82) is 0 Å². The van der Waals surface area contributed by atoms with Gasteiger partial charge in [0, 0.05) is 51.4 Å². The monoisotopic (exact) mass is 377 g/mol. The summed E-state index contributed by atoms with van der Waals surface area (Å²) < 4.78 is 26.9. The first kappa shape index (κ1) is 19.1. The lowest BCUT2D eigenvalue weighted by molar-refractivity contribution is 0.0650. The van der Waals surface area contributed by atoms with Crippen LogP contribution in [0.3, 0.4) is 0 Å². The number of carbonyl (C=O) groups is 1. The van der Waals surface area contributed by atoms with E-state index >= 15 is 0 Å². The molecule has 26 heavy (non-hydrogen) atoms. The van der Waals surface area contributed by atoms with Crippen molar-refractivity contribution in [2.45, 2.75) is 24.2 Å². The van der Waals surface area contributed by atoms with E-state index in [9.17, 15) is 13.2 Å². The average molecular weight is 378 g/mol. The molecule has 0 atom stereocenters. The number of rotatable bonds is 5. The Morgan fingerprint density at radius 2 is 1.58 bits per heavy atom. The van der Waals surface area contributed by atoms with Crippen molar-refractivity contribution in [2.75, 3.05) is 45.8 Å². The number of hydrogen-bond donors (Lipinski definition) is 0. The second kappa shape index (κ2) is 8.33. The third kappa shape index (κ3) is 4.16. The Balaban J connectivity index is 1.65. The first-order chi connectivity index (χ1) is 12.5. The Labute approximate surface area is 156 Å². The molecule has 7 heteroatoms. The molecule has 0 N–H and O–H groups in total. The number of piperazine rings is 1. The standard InChI is InChI=1S/C19H27N3O3S/c1-2-10-20-13-15-21(16-14-20)19(23)17-6-8-18(9-7-17)26(24,25)22-11-4-3-5-12-22/h2,6-9H,1,3-5,10-16H2. The molecule has 1 aromatic rings. The first-order valence-corrected chi connectivity index (χ1v) is 10.7. The highest BCUT2D eigenvalue weighted by molar-refractivity contribution is 7.89. The quantitative estimate of drug-likeness (QED) is 0.734. The minimum atomic E-state index is -3.45. The van der Waals surface area contributed by atoms with E-state index in [4.69, 9.17) is 0 Å². The number of benzene rings is 1. The van der Waals surface area contributed by atoms with Crippen LogP contribution in [0.15, 0.2) is 41.8 Å². The highest BCUT2D eigenvalue weighted by Gasteiger charge is 2.27. The van der Waals surface area contributed by atoms with E-state index in [0.29, 0.717) is 31.7 Å². The molecule has 142 valence electrons. The molecule has 0 aromatic heterocycles. The molecule has 2 aliphatic rings. The lowest BCUT2D eigenvalue weighted by Crippen LogP contribution is -2.48. The van der Waals surface area contributed by atoms with Crippen LogP contribution in [0, 0.1) is 0 Å². The van der Waals surface area contributed by atoms with E-state index in [2.05, 4.69) is 11.5 Å². The number of carbonyl (C=O) groups excluding carboxylic acids is 1. The Morgan fingerprint density at radius 1 is 0.962 bits per heavy atom. The molecule has 0 aliphatic carbocycles. The number of nitrogens with zero attached hydrogens (tertiary/aromatic N) is 3. The summed E-state index contributed by atoms with van der Waals surface area (Å²) in [6, 6.07) is 6.39. The third-order valence-corrected chi connectivity index (χ3v) is 7.01. The van der Waals surface area contributed by atoms with Crippen LogP contribution in [-0.4, -0.2) is 74.2 Å². The predicted octanol–water partition coefficient (Wildman–Crippen LogP) is 1.80. The molecule has 2 aliphatic heterocycles. The van der Waals surface area contributed by atoms with Crippen molar-refractivity contribution >= 4 is 15.9 Å². The van der Waals surface area contributed by atoms with Gasteiger partial charge in [-0.2, -0.15) is 4.31 Å². The summed E-state index contributed by atoms with van der Waals surface area (Å²) >= 11 is 0. The smallest absolute Gasteiger partial charge is 0.253 e. The highest BCUT2D eigenvalue weighted by Crippen LogP contribution is 2.21. The van der Waals surface area contributed by atoms with E-state index < -0.39 is 10.0 Å². The van der Waals surface area contributed by atoms with Crippen LogP contribution < -0.4 is 0 Å². The van der Waals surface area contributed by atoms with E-state index in [0.717, 1.165) is 38.9 Å². The summed E-state index contributed by atoms with van der Waals surface area (Å²) in [5.41, 5.74) is 0.541. The zero-order valence-corrected chi connectivity index (χ0v) is 16.0. The number of hydrogen-bond acceptors (Lipinski definition) is 4. The molecule has 2 heterocycles. The van der Waals surface area contributed by atoms with Crippen molar-refractivity contribution in [3.05, 3.63) is 42.5 Å². The van der Waals surface area contributed by atoms with Gasteiger partial charge in [-0.3, -0.25) is 9.69 Å². The Bertz CT molecular complexity index is 732. The summed E-state index contributed by atoms with van der Waals surface area (Å²) in [6.45, 7) is 8.77. The molecule has 6 nitrogen and oxygen atoms in total. The minimum Gasteiger partial charge on any atom is -0.336 e. The molecule has 2 fully saturated rings. The van der Waals surface area contributed by atoms with Gasteiger partial charge in [0.1, 0.15) is 0 Å². The van der Waals surface area contributed by atoms with Crippen molar-refractivity contribution < 1.29 is 13.2 Å². The molecular formula is C19H27N3O3S. The number of piperidine rings is 1. The van der Waals surface area contributed by atoms with Crippen molar-refractivity contribution in [3.8, 4) is 0 Å². The van der Waals surface area contributed by atoms with Crippen molar-refractivity contribution in [3.63, 3.8) is 0 Å². The van der Waals surface area contributed by atoms with Gasteiger partial charge in [0.15, 0.2) is 0 Å². The van der Waals surface area contributed by atoms with Crippen LogP contribution in [0.1, 0.15) is 29.6 Å². The molecule has 0 unspecified atom stereocenters. The van der Waals surface area contributed by atoms with Gasteiger partial charge in [-0.25, -0.2) is 8.42 Å². The van der Waals surface area contributed by atoms with Crippen LogP contribution in [0.4, 0.5) is 0 Å². The van der Waals surface area contributed by atoms with Gasteiger partial charge in [-0.15, -0.1) is 6.58 Å². The molecule has 0 bridgehead atoms. The summed E-state index contributed by atoms with van der Waals surface area (Å²) in [4.78, 5) is 17.0. The van der Waals surface area contributed by atoms with Crippen molar-refractivity contribution in [2.24, 2.45) is 0 Å². The SMILES string of the molecule is C=CCN1CCN(C(=O)c2ccc(S(=O)(=O)N3CCCCC3)cc2)CC1. The lowest BCUT2D eigenvalue weighted by Gasteiger charge is -2.34. The fraction of sp³-hybridized carbons (Fsp3) is 0.526. The molecule has 1 amide bonds. The van der Waals surface area contributed by atoms with Crippen molar-refractivity contribution in [1.82, 2.24) is 14.1 Å². The van der Waals surface area contributed by atoms with Crippen LogP contribution in [0.5, 0.6) is 0 Å². The van der Waals surface area contributed by atoms with Gasteiger partial charge in [-0.05, 0) is 37.1 Å². The largest absolute Gasteiger partial charge is 0.336 e. The summed E-state index contributed by atoms with van der Waals surface area (Å²) in [5.74, 6) is -0.0369. The predicted molar refractivity (Wildman–Crippen MR) is 102 cm³/mol. The molecule has 0 saturated carbocycles. The maximum absolute atomic E-state index is 12.7. The van der Waals surface area contributed by atoms with Gasteiger partial charge in [0.2, 0.25) is 10.0 Å². The molecule has 0 spiro atoms. The van der Waals surface area contributed by atoms with Crippen LogP contribution in [0.25, 0.3) is 0 Å². The Kier molecular flexibility index (Phi) is 6.11. The number of amides is 1. The summed E-state index contributed by atoms with van der Waals surface area (Å²) in [7, 11) is -3.45. The van der Waals surface area contributed by atoms with Crippen LogP contribution in [0.2, 0.25) is 0 Å². The lowest BCUT2D eigenvalue weighted by atomic mass is 10.2. The maximum Gasteiger partial charge on any atom is 0.253 e. The van der Waals surface area contributed by atoms with Gasteiger partial charge in [0.25, 0.3) is 5.91 Å². The fourth-order valence-corrected chi connectivity index (χ4v) is 5.04.